The summed E-state index contributed by atoms with van der Waals surface area (Å²) < 4.78 is 19.9. The highest BCUT2D eigenvalue weighted by atomic mass is 19.1. The van der Waals surface area contributed by atoms with Gasteiger partial charge in [0.2, 0.25) is 5.56 Å². The Bertz CT molecular complexity index is 1100. The number of rotatable bonds is 5. The number of ether oxygens (including phenoxy) is 1. The minimum Gasteiger partial charge on any atom is -0.457 e. The van der Waals surface area contributed by atoms with E-state index in [9.17, 15) is 18.8 Å². The zero-order valence-corrected chi connectivity index (χ0v) is 14.7. The van der Waals surface area contributed by atoms with Crippen molar-refractivity contribution in [3.8, 4) is 11.5 Å². The van der Waals surface area contributed by atoms with Gasteiger partial charge in [-0.3, -0.25) is 19.4 Å². The highest BCUT2D eigenvalue weighted by Gasteiger charge is 2.12. The number of nitrogens with zero attached hydrogens (tertiary/aromatic N) is 1. The summed E-state index contributed by atoms with van der Waals surface area (Å²) in [7, 11) is 1.48. The summed E-state index contributed by atoms with van der Waals surface area (Å²) in [5.74, 6) is -1.26. The summed E-state index contributed by atoms with van der Waals surface area (Å²) in [6.07, 6.45) is 2.72. The van der Waals surface area contributed by atoms with Crippen LogP contribution in [0.5, 0.6) is 11.5 Å². The molecule has 0 unspecified atom stereocenters. The van der Waals surface area contributed by atoms with Gasteiger partial charge in [0.15, 0.2) is 0 Å². The molecular weight excluding hydrogens is 367 g/mol. The van der Waals surface area contributed by atoms with Crippen LogP contribution in [0.2, 0.25) is 0 Å². The molecule has 9 heteroatoms. The van der Waals surface area contributed by atoms with Gasteiger partial charge in [-0.25, -0.2) is 4.39 Å². The van der Waals surface area contributed by atoms with Crippen molar-refractivity contribution in [3.63, 3.8) is 0 Å². The molecule has 0 aliphatic heterocycles. The smallest absolute Gasteiger partial charge is 0.269 e. The largest absolute Gasteiger partial charge is 0.457 e. The van der Waals surface area contributed by atoms with Crippen molar-refractivity contribution in [3.05, 3.63) is 82.3 Å². The van der Waals surface area contributed by atoms with E-state index >= 15 is 0 Å². The van der Waals surface area contributed by atoms with Gasteiger partial charge in [0, 0.05) is 43.2 Å². The number of hydrogen-bond acceptors (Lipinski definition) is 5. The van der Waals surface area contributed by atoms with E-state index in [1.165, 1.54) is 49.8 Å². The average Bonchev–Trinajstić information content (AvgIpc) is 2.69. The van der Waals surface area contributed by atoms with E-state index in [4.69, 9.17) is 4.74 Å². The monoisotopic (exact) mass is 382 g/mol. The molecule has 0 aliphatic carbocycles. The van der Waals surface area contributed by atoms with Gasteiger partial charge in [0.05, 0.1) is 5.69 Å². The molecule has 142 valence electrons. The highest BCUT2D eigenvalue weighted by Crippen LogP contribution is 2.26. The summed E-state index contributed by atoms with van der Waals surface area (Å²) in [6, 6.07) is 9.32. The Balaban J connectivity index is 1.75. The zero-order chi connectivity index (χ0) is 20.1. The highest BCUT2D eigenvalue weighted by molar-refractivity contribution is 6.04. The number of carbonyl (C=O) groups excluding carboxylic acids is 2. The van der Waals surface area contributed by atoms with Crippen molar-refractivity contribution in [1.29, 1.82) is 0 Å². The molecule has 3 N–H and O–H groups in total. The molecule has 3 rings (SSSR count). The normalized spacial score (nSPS) is 10.2. The maximum absolute atomic E-state index is 14.3. The summed E-state index contributed by atoms with van der Waals surface area (Å²) in [5, 5.41) is 4.84. The number of carbonyl (C=O) groups is 2. The lowest BCUT2D eigenvalue weighted by Crippen LogP contribution is -2.18. The predicted octanol–water partition coefficient (Wildman–Crippen LogP) is 2.31. The Morgan fingerprint density at radius 3 is 2.57 bits per heavy atom. The minimum atomic E-state index is -0.726. The topological polar surface area (TPSA) is 113 Å². The number of amides is 2. The van der Waals surface area contributed by atoms with Crippen LogP contribution >= 0.6 is 0 Å². The quantitative estimate of drug-likeness (QED) is 0.627. The maximum Gasteiger partial charge on any atom is 0.269 e. The van der Waals surface area contributed by atoms with Crippen molar-refractivity contribution in [2.75, 3.05) is 12.4 Å². The number of H-pyrrole nitrogens is 1. The first-order valence-electron chi connectivity index (χ1n) is 8.12. The van der Waals surface area contributed by atoms with E-state index in [1.807, 2.05) is 0 Å². The first kappa shape index (κ1) is 18.8. The molecule has 0 aliphatic rings. The van der Waals surface area contributed by atoms with Crippen molar-refractivity contribution < 1.29 is 18.7 Å². The molecule has 28 heavy (non-hydrogen) atoms. The van der Waals surface area contributed by atoms with Gasteiger partial charge >= 0.3 is 0 Å². The number of benzene rings is 1. The second-order valence-electron chi connectivity index (χ2n) is 5.60. The van der Waals surface area contributed by atoms with Crippen LogP contribution in [0.15, 0.2) is 59.7 Å². The molecule has 0 saturated heterocycles. The molecule has 3 aromatic rings. The molecule has 0 bridgehead atoms. The van der Waals surface area contributed by atoms with Gasteiger partial charge in [0.25, 0.3) is 11.8 Å². The van der Waals surface area contributed by atoms with Crippen molar-refractivity contribution in [2.24, 2.45) is 0 Å². The summed E-state index contributed by atoms with van der Waals surface area (Å²) in [4.78, 5) is 41.3. The lowest BCUT2D eigenvalue weighted by atomic mass is 10.2. The fourth-order valence-electron chi connectivity index (χ4n) is 2.30. The lowest BCUT2D eigenvalue weighted by molar-refractivity contribution is 0.0957. The second kappa shape index (κ2) is 8.12. The van der Waals surface area contributed by atoms with Gasteiger partial charge in [-0.15, -0.1) is 0 Å². The molecular formula is C19H15FN4O4. The third-order valence-corrected chi connectivity index (χ3v) is 3.65. The van der Waals surface area contributed by atoms with E-state index < -0.39 is 17.3 Å². The van der Waals surface area contributed by atoms with E-state index in [0.29, 0.717) is 5.75 Å². The molecule has 0 radical (unpaired) electrons. The Kier molecular flexibility index (Phi) is 5.45. The van der Waals surface area contributed by atoms with Crippen LogP contribution in [0, 0.1) is 5.82 Å². The molecule has 2 heterocycles. The van der Waals surface area contributed by atoms with Crippen LogP contribution in [-0.4, -0.2) is 28.8 Å². The Morgan fingerprint density at radius 2 is 1.86 bits per heavy atom. The van der Waals surface area contributed by atoms with Gasteiger partial charge in [-0.05, 0) is 24.3 Å². The molecule has 0 spiro atoms. The van der Waals surface area contributed by atoms with E-state index in [0.717, 1.165) is 12.1 Å². The number of pyridine rings is 2. The van der Waals surface area contributed by atoms with Crippen LogP contribution < -0.4 is 20.9 Å². The number of aromatic amines is 1. The van der Waals surface area contributed by atoms with Crippen LogP contribution in [-0.2, 0) is 0 Å². The summed E-state index contributed by atoms with van der Waals surface area (Å²) in [5.41, 5.74) is -0.257. The Hall–Kier alpha value is -4.01. The molecule has 0 atom stereocenters. The van der Waals surface area contributed by atoms with Gasteiger partial charge in [-0.2, -0.15) is 0 Å². The minimum absolute atomic E-state index is 0.0709. The van der Waals surface area contributed by atoms with E-state index in [2.05, 4.69) is 20.6 Å². The predicted molar refractivity (Wildman–Crippen MR) is 99.1 cm³/mol. The van der Waals surface area contributed by atoms with Crippen molar-refractivity contribution in [2.45, 2.75) is 0 Å². The Morgan fingerprint density at radius 1 is 1.07 bits per heavy atom. The van der Waals surface area contributed by atoms with E-state index in [-0.39, 0.29) is 28.6 Å². The second-order valence-corrected chi connectivity index (χ2v) is 5.60. The van der Waals surface area contributed by atoms with Crippen LogP contribution in [0.3, 0.4) is 0 Å². The third-order valence-electron chi connectivity index (χ3n) is 3.65. The van der Waals surface area contributed by atoms with Crippen molar-refractivity contribution in [1.82, 2.24) is 15.3 Å². The number of halogens is 1. The van der Waals surface area contributed by atoms with Crippen LogP contribution in [0.1, 0.15) is 20.8 Å². The summed E-state index contributed by atoms with van der Waals surface area (Å²) >= 11 is 0. The standard InChI is InChI=1S/C19H15FN4O4/c1-21-19(27)16-10-13(5-7-22-16)28-12-2-3-15(14(20)9-12)24-18(26)11-4-6-23-17(25)8-11/h2-10H,1H3,(H,21,27)(H,23,25)(H,24,26). The van der Waals surface area contributed by atoms with Crippen LogP contribution in [0.4, 0.5) is 10.1 Å². The summed E-state index contributed by atoms with van der Waals surface area (Å²) in [6.45, 7) is 0. The average molecular weight is 382 g/mol. The number of hydrogen-bond donors (Lipinski definition) is 3. The number of nitrogens with one attached hydrogen (secondary N) is 3. The lowest BCUT2D eigenvalue weighted by Gasteiger charge is -2.10. The molecule has 0 saturated carbocycles. The van der Waals surface area contributed by atoms with Gasteiger partial charge in [0.1, 0.15) is 23.0 Å². The fourth-order valence-corrected chi connectivity index (χ4v) is 2.30. The first-order chi connectivity index (χ1) is 13.5. The third kappa shape index (κ3) is 4.39. The van der Waals surface area contributed by atoms with E-state index in [1.54, 1.807) is 0 Å². The fraction of sp³-hybridized carbons (Fsp3) is 0.0526. The molecule has 2 aromatic heterocycles. The first-order valence-corrected chi connectivity index (χ1v) is 8.12. The van der Waals surface area contributed by atoms with Gasteiger partial charge < -0.3 is 20.4 Å². The SMILES string of the molecule is CNC(=O)c1cc(Oc2ccc(NC(=O)c3cc[nH]c(=O)c3)c(F)c2)ccn1. The molecule has 1 aromatic carbocycles. The molecule has 0 fully saturated rings. The molecule has 2 amide bonds. The number of aromatic nitrogens is 2. The van der Waals surface area contributed by atoms with Crippen LogP contribution in [0.25, 0.3) is 0 Å². The zero-order valence-electron chi connectivity index (χ0n) is 14.7. The molecule has 8 nitrogen and oxygen atoms in total. The van der Waals surface area contributed by atoms with Gasteiger partial charge in [-0.1, -0.05) is 0 Å². The Labute approximate surface area is 158 Å². The maximum atomic E-state index is 14.3. The number of anilines is 1. The van der Waals surface area contributed by atoms with Crippen molar-refractivity contribution >= 4 is 17.5 Å².